The number of aromatic nitrogens is 4. The highest BCUT2D eigenvalue weighted by Gasteiger charge is 2.40. The maximum Gasteiger partial charge on any atom is 0.226 e. The summed E-state index contributed by atoms with van der Waals surface area (Å²) in [6, 6.07) is 5.09. The third kappa shape index (κ3) is 4.34. The summed E-state index contributed by atoms with van der Waals surface area (Å²) in [5.74, 6) is 2.77. The molecule has 3 atom stereocenters. The summed E-state index contributed by atoms with van der Waals surface area (Å²) in [6.45, 7) is 2.95. The Balaban J connectivity index is 1.15. The third-order valence-electron chi connectivity index (χ3n) is 7.16. The molecular formula is C23H30N8OS. The number of anilines is 3. The SMILES string of the molecule is Cc1cc(Nc2nc(NC3CC4CC(C(=O)C5CCCN5)CC(C3)N4)nc3sccc23)n[nH]1. The quantitative estimate of drug-likeness (QED) is 0.376. The lowest BCUT2D eigenvalue weighted by Crippen LogP contribution is -2.56. The first-order valence-electron chi connectivity index (χ1n) is 11.9. The van der Waals surface area contributed by atoms with Crippen molar-refractivity contribution < 1.29 is 4.79 Å². The standard InChI is InChI=1S/C23H30N8OS/c1-12-7-19(31-30-12)27-21-17-4-6-33-22(17)29-23(28-21)26-16-10-14-8-13(9-15(11-16)25-14)20(32)18-3-2-5-24-18/h4,6-7,13-16,18,24-25H,2-3,5,8-11H2,1H3,(H3,26,27,28,29,30,31). The average Bonchev–Trinajstić information content (AvgIpc) is 3.55. The van der Waals surface area contributed by atoms with Crippen LogP contribution in [0.15, 0.2) is 17.5 Å². The number of thiophene rings is 1. The molecule has 3 fully saturated rings. The van der Waals surface area contributed by atoms with E-state index in [-0.39, 0.29) is 12.0 Å². The van der Waals surface area contributed by atoms with Crippen LogP contribution in [0, 0.1) is 12.8 Å². The number of nitrogens with zero attached hydrogens (tertiary/aromatic N) is 3. The molecule has 9 nitrogen and oxygen atoms in total. The zero-order chi connectivity index (χ0) is 22.4. The van der Waals surface area contributed by atoms with Crippen LogP contribution in [-0.2, 0) is 4.79 Å². The lowest BCUT2D eigenvalue weighted by atomic mass is 9.75. The fourth-order valence-electron chi connectivity index (χ4n) is 5.73. The largest absolute Gasteiger partial charge is 0.351 e. The van der Waals surface area contributed by atoms with Crippen LogP contribution < -0.4 is 21.3 Å². The smallest absolute Gasteiger partial charge is 0.226 e. The molecule has 6 rings (SSSR count). The highest BCUT2D eigenvalue weighted by molar-refractivity contribution is 7.16. The number of Topliss-reactive ketones (excluding diaryl/α,β-unsaturated/α-hetero) is 1. The maximum absolute atomic E-state index is 13.0. The Morgan fingerprint density at radius 3 is 2.76 bits per heavy atom. The maximum atomic E-state index is 13.0. The van der Waals surface area contributed by atoms with Crippen molar-refractivity contribution >= 4 is 44.9 Å². The molecule has 3 saturated heterocycles. The molecule has 174 valence electrons. The van der Waals surface area contributed by atoms with Crippen LogP contribution in [0.5, 0.6) is 0 Å². The highest BCUT2D eigenvalue weighted by atomic mass is 32.1. The molecule has 0 aromatic carbocycles. The Bertz CT molecular complexity index is 1140. The van der Waals surface area contributed by atoms with E-state index in [1.807, 2.05) is 24.4 Å². The van der Waals surface area contributed by atoms with E-state index < -0.39 is 0 Å². The van der Waals surface area contributed by atoms with Crippen molar-refractivity contribution in [2.45, 2.75) is 69.6 Å². The number of aromatic amines is 1. The molecule has 10 heteroatoms. The van der Waals surface area contributed by atoms with Gasteiger partial charge in [0.25, 0.3) is 0 Å². The Kier molecular flexibility index (Phi) is 5.51. The van der Waals surface area contributed by atoms with E-state index in [9.17, 15) is 4.79 Å². The number of fused-ring (bicyclic) bond motifs is 3. The molecule has 3 unspecified atom stereocenters. The molecule has 2 bridgehead atoms. The molecule has 3 aromatic rings. The number of hydrogen-bond acceptors (Lipinski definition) is 9. The number of H-pyrrole nitrogens is 1. The summed E-state index contributed by atoms with van der Waals surface area (Å²) in [7, 11) is 0. The zero-order valence-corrected chi connectivity index (χ0v) is 19.5. The molecule has 5 N–H and O–H groups in total. The predicted molar refractivity (Wildman–Crippen MR) is 130 cm³/mol. The second-order valence-corrected chi connectivity index (χ2v) is 10.6. The first-order chi connectivity index (χ1) is 16.1. The number of ketones is 1. The molecule has 0 amide bonds. The molecule has 3 aromatic heterocycles. The van der Waals surface area contributed by atoms with Gasteiger partial charge in [0.1, 0.15) is 10.6 Å². The van der Waals surface area contributed by atoms with E-state index in [0.717, 1.165) is 72.6 Å². The monoisotopic (exact) mass is 466 g/mol. The van der Waals surface area contributed by atoms with Gasteiger partial charge >= 0.3 is 0 Å². The van der Waals surface area contributed by atoms with E-state index in [1.165, 1.54) is 0 Å². The van der Waals surface area contributed by atoms with Gasteiger partial charge in [-0.3, -0.25) is 9.89 Å². The number of hydrogen-bond donors (Lipinski definition) is 5. The zero-order valence-electron chi connectivity index (χ0n) is 18.7. The number of piperidine rings is 2. The first-order valence-corrected chi connectivity index (χ1v) is 12.8. The average molecular weight is 467 g/mol. The van der Waals surface area contributed by atoms with E-state index >= 15 is 0 Å². The highest BCUT2D eigenvalue weighted by Crippen LogP contribution is 2.34. The fraction of sp³-hybridized carbons (Fsp3) is 0.565. The fourth-order valence-corrected chi connectivity index (χ4v) is 6.49. The van der Waals surface area contributed by atoms with Gasteiger partial charge in [-0.2, -0.15) is 10.1 Å². The second kappa shape index (κ2) is 8.66. The van der Waals surface area contributed by atoms with Crippen molar-refractivity contribution in [3.05, 3.63) is 23.2 Å². The van der Waals surface area contributed by atoms with Gasteiger partial charge in [-0.15, -0.1) is 11.3 Å². The van der Waals surface area contributed by atoms with Crippen LogP contribution in [0.3, 0.4) is 0 Å². The minimum atomic E-state index is 0.0814. The van der Waals surface area contributed by atoms with E-state index in [4.69, 9.17) is 9.97 Å². The number of rotatable bonds is 6. The van der Waals surface area contributed by atoms with Gasteiger partial charge in [0.15, 0.2) is 11.6 Å². The van der Waals surface area contributed by atoms with Crippen LogP contribution in [0.25, 0.3) is 10.2 Å². The molecular weight excluding hydrogens is 436 g/mol. The van der Waals surface area contributed by atoms with Crippen LogP contribution in [0.2, 0.25) is 0 Å². The predicted octanol–water partition coefficient (Wildman–Crippen LogP) is 3.10. The van der Waals surface area contributed by atoms with Crippen molar-refractivity contribution in [2.75, 3.05) is 17.2 Å². The molecule has 3 aliphatic heterocycles. The molecule has 0 saturated carbocycles. The number of carbonyl (C=O) groups excluding carboxylic acids is 1. The molecule has 0 spiro atoms. The molecule has 0 radical (unpaired) electrons. The van der Waals surface area contributed by atoms with Crippen LogP contribution in [0.1, 0.15) is 44.2 Å². The van der Waals surface area contributed by atoms with Gasteiger partial charge in [0.2, 0.25) is 5.95 Å². The summed E-state index contributed by atoms with van der Waals surface area (Å²) in [4.78, 5) is 23.5. The minimum Gasteiger partial charge on any atom is -0.351 e. The van der Waals surface area contributed by atoms with Gasteiger partial charge in [0, 0.05) is 35.8 Å². The van der Waals surface area contributed by atoms with Gasteiger partial charge in [-0.05, 0) is 63.4 Å². The van der Waals surface area contributed by atoms with Gasteiger partial charge in [-0.1, -0.05) is 0 Å². The normalized spacial score (nSPS) is 29.3. The van der Waals surface area contributed by atoms with Crippen molar-refractivity contribution in [3.63, 3.8) is 0 Å². The van der Waals surface area contributed by atoms with Crippen LogP contribution >= 0.6 is 11.3 Å². The Labute approximate surface area is 196 Å². The van der Waals surface area contributed by atoms with Gasteiger partial charge < -0.3 is 21.3 Å². The van der Waals surface area contributed by atoms with Crippen LogP contribution in [0.4, 0.5) is 17.6 Å². The van der Waals surface area contributed by atoms with E-state index in [1.54, 1.807) is 11.3 Å². The second-order valence-electron chi connectivity index (χ2n) is 9.69. The first kappa shape index (κ1) is 21.0. The Morgan fingerprint density at radius 2 is 2.03 bits per heavy atom. The molecule has 6 heterocycles. The van der Waals surface area contributed by atoms with Crippen molar-refractivity contribution in [1.82, 2.24) is 30.8 Å². The van der Waals surface area contributed by atoms with Crippen molar-refractivity contribution in [2.24, 2.45) is 5.92 Å². The number of aryl methyl sites for hydroxylation is 1. The number of nitrogens with one attached hydrogen (secondary N) is 5. The van der Waals surface area contributed by atoms with Crippen molar-refractivity contribution in [3.8, 4) is 0 Å². The lowest BCUT2D eigenvalue weighted by Gasteiger charge is -2.43. The Morgan fingerprint density at radius 1 is 1.18 bits per heavy atom. The summed E-state index contributed by atoms with van der Waals surface area (Å²) in [6.07, 6.45) is 5.94. The molecule has 33 heavy (non-hydrogen) atoms. The molecule has 3 aliphatic rings. The Hall–Kier alpha value is -2.56. The van der Waals surface area contributed by atoms with Gasteiger partial charge in [-0.25, -0.2) is 4.98 Å². The lowest BCUT2D eigenvalue weighted by molar-refractivity contribution is -0.126. The number of carbonyl (C=O) groups is 1. The summed E-state index contributed by atoms with van der Waals surface area (Å²) < 4.78 is 0. The topological polar surface area (TPSA) is 120 Å². The molecule has 0 aliphatic carbocycles. The van der Waals surface area contributed by atoms with Crippen LogP contribution in [-0.4, -0.2) is 56.7 Å². The summed E-state index contributed by atoms with van der Waals surface area (Å²) in [5, 5.41) is 24.3. The summed E-state index contributed by atoms with van der Waals surface area (Å²) >= 11 is 1.61. The van der Waals surface area contributed by atoms with Gasteiger partial charge in [0.05, 0.1) is 11.4 Å². The minimum absolute atomic E-state index is 0.0814. The van der Waals surface area contributed by atoms with E-state index in [0.29, 0.717) is 29.9 Å². The third-order valence-corrected chi connectivity index (χ3v) is 7.97. The van der Waals surface area contributed by atoms with E-state index in [2.05, 4.69) is 31.5 Å². The summed E-state index contributed by atoms with van der Waals surface area (Å²) in [5.41, 5.74) is 0.994. The van der Waals surface area contributed by atoms with Crippen molar-refractivity contribution in [1.29, 1.82) is 0 Å².